The molecule has 0 saturated carbocycles. The summed E-state index contributed by atoms with van der Waals surface area (Å²) in [6.07, 6.45) is -12.3. The minimum absolute atomic E-state index is 0.430. The molecule has 0 fully saturated rings. The van der Waals surface area contributed by atoms with Gasteiger partial charge in [-0.15, -0.1) is 0 Å². The van der Waals surface area contributed by atoms with E-state index in [-0.39, 0.29) is 0 Å². The van der Waals surface area contributed by atoms with Gasteiger partial charge in [-0.25, -0.2) is 0 Å². The van der Waals surface area contributed by atoms with Gasteiger partial charge in [0.05, 0.1) is 11.3 Å². The summed E-state index contributed by atoms with van der Waals surface area (Å²) in [4.78, 5) is 23.6. The average molecular weight is 383 g/mol. The van der Waals surface area contributed by atoms with Crippen LogP contribution < -0.4 is 5.32 Å². The molecule has 26 heavy (non-hydrogen) atoms. The molecule has 0 spiro atoms. The molecule has 0 aliphatic heterocycles. The molecule has 4 nitrogen and oxygen atoms in total. The van der Waals surface area contributed by atoms with Crippen molar-refractivity contribution in [1.29, 1.82) is 0 Å². The predicted molar refractivity (Wildman–Crippen MR) is 79.5 cm³/mol. The lowest BCUT2D eigenvalue weighted by molar-refractivity contribution is -0.290. The van der Waals surface area contributed by atoms with Crippen LogP contribution in [0.1, 0.15) is 29.8 Å². The highest BCUT2D eigenvalue weighted by molar-refractivity contribution is 6.00. The maximum absolute atomic E-state index is 13.5. The Morgan fingerprint density at radius 2 is 1.35 bits per heavy atom. The highest BCUT2D eigenvalue weighted by atomic mass is 19.4. The molecule has 1 amide bonds. The summed E-state index contributed by atoms with van der Waals surface area (Å²) >= 11 is 0. The molecule has 2 N–H and O–H groups in total. The van der Waals surface area contributed by atoms with Gasteiger partial charge >= 0.3 is 12.4 Å². The zero-order chi connectivity index (χ0) is 20.5. The fourth-order valence-electron chi connectivity index (χ4n) is 2.39. The zero-order valence-corrected chi connectivity index (χ0v) is 13.8. The van der Waals surface area contributed by atoms with E-state index >= 15 is 0 Å². The largest absolute Gasteiger partial charge is 0.512 e. The Labute approximate surface area is 144 Å². The van der Waals surface area contributed by atoms with Crippen molar-refractivity contribution in [2.45, 2.75) is 38.7 Å². The molecule has 0 saturated heterocycles. The Morgan fingerprint density at radius 3 is 1.65 bits per heavy atom. The summed E-state index contributed by atoms with van der Waals surface area (Å²) in [6, 6.07) is 4.70. The van der Waals surface area contributed by atoms with Crippen molar-refractivity contribution in [2.75, 3.05) is 0 Å². The Kier molecular flexibility index (Phi) is 5.80. The Morgan fingerprint density at radius 1 is 0.923 bits per heavy atom. The van der Waals surface area contributed by atoms with E-state index in [2.05, 4.69) is 0 Å². The summed E-state index contributed by atoms with van der Waals surface area (Å²) in [5.74, 6) is -4.90. The van der Waals surface area contributed by atoms with Crippen LogP contribution in [0.5, 0.6) is 0 Å². The molecule has 144 valence electrons. The zero-order valence-electron chi connectivity index (χ0n) is 13.8. The van der Waals surface area contributed by atoms with Crippen LogP contribution in [0.3, 0.4) is 0 Å². The van der Waals surface area contributed by atoms with Crippen molar-refractivity contribution in [3.05, 3.63) is 46.7 Å². The summed E-state index contributed by atoms with van der Waals surface area (Å²) in [6.45, 7) is 2.53. The smallest absolute Gasteiger partial charge is 0.425 e. The van der Waals surface area contributed by atoms with Gasteiger partial charge in [-0.05, 0) is 32.9 Å². The molecule has 1 aromatic carbocycles. The van der Waals surface area contributed by atoms with E-state index in [9.17, 15) is 41.0 Å². The van der Waals surface area contributed by atoms with Gasteiger partial charge in [-0.1, -0.05) is 17.7 Å². The van der Waals surface area contributed by atoms with Crippen molar-refractivity contribution in [3.8, 4) is 0 Å². The Balaban J connectivity index is 3.69. The predicted octanol–water partition coefficient (Wildman–Crippen LogP) is 4.01. The number of benzene rings is 1. The third-order valence-corrected chi connectivity index (χ3v) is 3.55. The first-order valence-electron chi connectivity index (χ1n) is 7.09. The van der Waals surface area contributed by atoms with E-state index in [0.29, 0.717) is 19.4 Å². The number of amides is 1. The second-order valence-electron chi connectivity index (χ2n) is 5.58. The summed E-state index contributed by atoms with van der Waals surface area (Å²) in [5.41, 5.74) is -6.92. The molecule has 1 aromatic rings. The molecule has 10 heteroatoms. The van der Waals surface area contributed by atoms with Crippen LogP contribution in [0.25, 0.3) is 0 Å². The standard InChI is InChI=1S/C16H15F6NO3/c1-8-4-6-11(7-5-8)13(26)23-14(15(17,18)19,16(20,21)22)12(9(2)24)10(3)25/h4-7,24H,1-3H3,(H,23,26). The number of hydrogen-bond donors (Lipinski definition) is 2. The normalized spacial score (nSPS) is 13.9. The van der Waals surface area contributed by atoms with Gasteiger partial charge in [0.15, 0.2) is 5.78 Å². The lowest BCUT2D eigenvalue weighted by atomic mass is 9.84. The summed E-state index contributed by atoms with van der Waals surface area (Å²) < 4.78 is 81.3. The first kappa shape index (κ1) is 21.5. The van der Waals surface area contributed by atoms with Gasteiger partial charge in [-0.3, -0.25) is 9.59 Å². The minimum Gasteiger partial charge on any atom is -0.512 e. The lowest BCUT2D eigenvalue weighted by Gasteiger charge is -2.39. The molecule has 0 aromatic heterocycles. The fraction of sp³-hybridized carbons (Fsp3) is 0.375. The monoisotopic (exact) mass is 383 g/mol. The van der Waals surface area contributed by atoms with E-state index in [1.54, 1.807) is 6.92 Å². The van der Waals surface area contributed by atoms with Crippen LogP contribution in [0.15, 0.2) is 35.6 Å². The summed E-state index contributed by atoms with van der Waals surface area (Å²) in [5, 5.41) is 10.3. The Bertz CT molecular complexity index is 714. The van der Waals surface area contributed by atoms with Gasteiger partial charge in [0, 0.05) is 5.56 Å². The SMILES string of the molecule is CC(=O)C(=C(C)O)C(NC(=O)c1ccc(C)cc1)(C(F)(F)F)C(F)(F)F. The van der Waals surface area contributed by atoms with Gasteiger partial charge < -0.3 is 10.4 Å². The van der Waals surface area contributed by atoms with E-state index in [1.165, 1.54) is 12.1 Å². The molecule has 0 unspecified atom stereocenters. The van der Waals surface area contributed by atoms with Crippen molar-refractivity contribution < 1.29 is 41.0 Å². The van der Waals surface area contributed by atoms with E-state index < -0.39 is 46.5 Å². The van der Waals surface area contributed by atoms with Crippen LogP contribution in [0, 0.1) is 6.92 Å². The number of allylic oxidation sites excluding steroid dienone is 1. The van der Waals surface area contributed by atoms with Crippen LogP contribution in [0.4, 0.5) is 26.3 Å². The number of Topliss-reactive ketones (excluding diaryl/α,β-unsaturated/α-hetero) is 1. The number of hydrogen-bond acceptors (Lipinski definition) is 3. The number of nitrogens with one attached hydrogen (secondary N) is 1. The first-order valence-corrected chi connectivity index (χ1v) is 7.09. The third kappa shape index (κ3) is 3.83. The van der Waals surface area contributed by atoms with E-state index in [0.717, 1.165) is 17.4 Å². The molecule has 0 aliphatic carbocycles. The molecule has 0 atom stereocenters. The molecule has 0 bridgehead atoms. The van der Waals surface area contributed by atoms with Crippen molar-refractivity contribution in [3.63, 3.8) is 0 Å². The van der Waals surface area contributed by atoms with Crippen molar-refractivity contribution in [2.24, 2.45) is 0 Å². The number of carbonyl (C=O) groups is 2. The number of aryl methyl sites for hydroxylation is 1. The molecular formula is C16H15F6NO3. The third-order valence-electron chi connectivity index (χ3n) is 3.55. The molecule has 0 heterocycles. The topological polar surface area (TPSA) is 66.4 Å². The van der Waals surface area contributed by atoms with Gasteiger partial charge in [-0.2, -0.15) is 26.3 Å². The maximum atomic E-state index is 13.5. The quantitative estimate of drug-likeness (QED) is 0.469. The number of halogens is 6. The van der Waals surface area contributed by atoms with Crippen LogP contribution >= 0.6 is 0 Å². The fourth-order valence-corrected chi connectivity index (χ4v) is 2.39. The number of rotatable bonds is 4. The molecular weight excluding hydrogens is 368 g/mol. The van der Waals surface area contributed by atoms with Crippen LogP contribution in [-0.2, 0) is 4.79 Å². The minimum atomic E-state index is -6.16. The van der Waals surface area contributed by atoms with E-state index in [4.69, 9.17) is 0 Å². The van der Waals surface area contributed by atoms with E-state index in [1.807, 2.05) is 0 Å². The van der Waals surface area contributed by atoms with Crippen molar-refractivity contribution >= 4 is 11.7 Å². The maximum Gasteiger partial charge on any atom is 0.425 e. The number of ketones is 1. The molecule has 0 radical (unpaired) electrons. The first-order chi connectivity index (χ1) is 11.6. The van der Waals surface area contributed by atoms with Crippen LogP contribution in [0.2, 0.25) is 0 Å². The van der Waals surface area contributed by atoms with Crippen molar-refractivity contribution in [1.82, 2.24) is 5.32 Å². The van der Waals surface area contributed by atoms with Crippen LogP contribution in [-0.4, -0.2) is 34.7 Å². The van der Waals surface area contributed by atoms with Gasteiger partial charge in [0.1, 0.15) is 0 Å². The van der Waals surface area contributed by atoms with Gasteiger partial charge in [0.25, 0.3) is 11.4 Å². The average Bonchev–Trinajstić information content (AvgIpc) is 2.43. The number of alkyl halides is 6. The highest BCUT2D eigenvalue weighted by Gasteiger charge is 2.75. The second kappa shape index (κ2) is 7.00. The Hall–Kier alpha value is -2.52. The second-order valence-corrected chi connectivity index (χ2v) is 5.58. The summed E-state index contributed by atoms with van der Waals surface area (Å²) in [7, 11) is 0. The number of aliphatic hydroxyl groups is 1. The lowest BCUT2D eigenvalue weighted by Crippen LogP contribution is -2.69. The molecule has 0 aliphatic rings. The number of aliphatic hydroxyl groups excluding tert-OH is 1. The number of carbonyl (C=O) groups excluding carboxylic acids is 2. The highest BCUT2D eigenvalue weighted by Crippen LogP contribution is 2.48. The van der Waals surface area contributed by atoms with Gasteiger partial charge in [0.2, 0.25) is 0 Å². The molecule has 1 rings (SSSR count).